The van der Waals surface area contributed by atoms with E-state index >= 15 is 0 Å². The highest BCUT2D eigenvalue weighted by atomic mass is 19.1. The van der Waals surface area contributed by atoms with Gasteiger partial charge < -0.3 is 9.72 Å². The van der Waals surface area contributed by atoms with E-state index in [1.807, 2.05) is 59.3 Å². The van der Waals surface area contributed by atoms with Gasteiger partial charge in [-0.2, -0.15) is 0 Å². The first-order valence-electron chi connectivity index (χ1n) is 6.21. The molecule has 0 unspecified atom stereocenters. The fraction of sp³-hybridized carbons (Fsp3) is 0.133. The minimum Gasteiger partial charge on any atom is -0.382 e. The van der Waals surface area contributed by atoms with Gasteiger partial charge in [-0.3, -0.25) is 0 Å². The molecule has 0 aliphatic carbocycles. The Balaban J connectivity index is 1.97. The second-order valence-electron chi connectivity index (χ2n) is 4.29. The summed E-state index contributed by atoms with van der Waals surface area (Å²) >= 11 is 0. The lowest BCUT2D eigenvalue weighted by atomic mass is 10.2. The van der Waals surface area contributed by atoms with Crippen LogP contribution >= 0.6 is 0 Å². The van der Waals surface area contributed by atoms with Crippen molar-refractivity contribution < 1.29 is 4.39 Å². The van der Waals surface area contributed by atoms with E-state index in [1.54, 1.807) is 0 Å². The molecule has 0 fully saturated rings. The van der Waals surface area contributed by atoms with Crippen LogP contribution in [0.3, 0.4) is 0 Å². The Kier molecular flexibility index (Phi) is 3.14. The SMILES string of the molecule is FCCNc1ccn2cc(-c3ccccc3)nc2c1. The maximum absolute atomic E-state index is 12.1. The van der Waals surface area contributed by atoms with Gasteiger partial charge in [-0.1, -0.05) is 30.3 Å². The molecule has 0 saturated carbocycles. The summed E-state index contributed by atoms with van der Waals surface area (Å²) in [5.74, 6) is 0. The van der Waals surface area contributed by atoms with Crippen molar-refractivity contribution in [1.82, 2.24) is 9.38 Å². The number of benzene rings is 1. The highest BCUT2D eigenvalue weighted by molar-refractivity contribution is 5.64. The summed E-state index contributed by atoms with van der Waals surface area (Å²) < 4.78 is 14.1. The molecule has 96 valence electrons. The summed E-state index contributed by atoms with van der Waals surface area (Å²) in [7, 11) is 0. The molecule has 1 aromatic carbocycles. The molecule has 0 bridgehead atoms. The molecular formula is C15H14FN3. The van der Waals surface area contributed by atoms with Crippen molar-refractivity contribution in [3.05, 3.63) is 54.9 Å². The fourth-order valence-electron chi connectivity index (χ4n) is 2.03. The third-order valence-electron chi connectivity index (χ3n) is 2.95. The molecule has 0 amide bonds. The number of hydrogen-bond acceptors (Lipinski definition) is 2. The Morgan fingerprint density at radius 3 is 2.79 bits per heavy atom. The van der Waals surface area contributed by atoms with Gasteiger partial charge >= 0.3 is 0 Å². The average Bonchev–Trinajstić information content (AvgIpc) is 2.89. The fourth-order valence-corrected chi connectivity index (χ4v) is 2.03. The van der Waals surface area contributed by atoms with Gasteiger partial charge in [-0.25, -0.2) is 9.37 Å². The Hall–Kier alpha value is -2.36. The molecule has 4 heteroatoms. The quantitative estimate of drug-likeness (QED) is 0.774. The second-order valence-corrected chi connectivity index (χ2v) is 4.29. The summed E-state index contributed by atoms with van der Waals surface area (Å²) in [4.78, 5) is 4.58. The maximum Gasteiger partial charge on any atom is 0.139 e. The first-order chi connectivity index (χ1) is 9.36. The largest absolute Gasteiger partial charge is 0.382 e. The van der Waals surface area contributed by atoms with Crippen LogP contribution in [0.2, 0.25) is 0 Å². The van der Waals surface area contributed by atoms with Gasteiger partial charge in [0.1, 0.15) is 12.3 Å². The minimum atomic E-state index is -0.380. The molecule has 0 aliphatic heterocycles. The number of rotatable bonds is 4. The molecule has 2 aromatic heterocycles. The molecule has 3 rings (SSSR count). The van der Waals surface area contributed by atoms with Crippen LogP contribution in [0.25, 0.3) is 16.9 Å². The van der Waals surface area contributed by atoms with Crippen LogP contribution < -0.4 is 5.32 Å². The lowest BCUT2D eigenvalue weighted by molar-refractivity contribution is 0.513. The lowest BCUT2D eigenvalue weighted by Crippen LogP contribution is -2.02. The summed E-state index contributed by atoms with van der Waals surface area (Å²) in [5.41, 5.74) is 3.76. The van der Waals surface area contributed by atoms with Gasteiger partial charge in [0.2, 0.25) is 0 Å². The van der Waals surface area contributed by atoms with Crippen molar-refractivity contribution in [2.45, 2.75) is 0 Å². The Morgan fingerprint density at radius 1 is 1.16 bits per heavy atom. The second kappa shape index (κ2) is 5.10. The van der Waals surface area contributed by atoms with Crippen molar-refractivity contribution in [3.63, 3.8) is 0 Å². The number of fused-ring (bicyclic) bond motifs is 1. The monoisotopic (exact) mass is 255 g/mol. The molecule has 0 atom stereocenters. The summed E-state index contributed by atoms with van der Waals surface area (Å²) in [5, 5.41) is 3.01. The van der Waals surface area contributed by atoms with Crippen LogP contribution in [0.15, 0.2) is 54.9 Å². The Morgan fingerprint density at radius 2 is 2.00 bits per heavy atom. The van der Waals surface area contributed by atoms with Gasteiger partial charge in [0.05, 0.1) is 5.69 Å². The number of anilines is 1. The third-order valence-corrected chi connectivity index (χ3v) is 2.95. The predicted molar refractivity (Wildman–Crippen MR) is 75.1 cm³/mol. The van der Waals surface area contributed by atoms with Crippen LogP contribution in [0.5, 0.6) is 0 Å². The zero-order valence-electron chi connectivity index (χ0n) is 10.4. The lowest BCUT2D eigenvalue weighted by Gasteiger charge is -2.03. The molecule has 0 aliphatic rings. The van der Waals surface area contributed by atoms with Crippen LogP contribution in [0.4, 0.5) is 10.1 Å². The average molecular weight is 255 g/mol. The third kappa shape index (κ3) is 2.42. The van der Waals surface area contributed by atoms with Crippen molar-refractivity contribution in [3.8, 4) is 11.3 Å². The minimum absolute atomic E-state index is 0.322. The van der Waals surface area contributed by atoms with E-state index in [-0.39, 0.29) is 6.67 Å². The van der Waals surface area contributed by atoms with Crippen molar-refractivity contribution in [2.75, 3.05) is 18.5 Å². The van der Waals surface area contributed by atoms with E-state index < -0.39 is 0 Å². The highest BCUT2D eigenvalue weighted by Crippen LogP contribution is 2.20. The molecule has 19 heavy (non-hydrogen) atoms. The van der Waals surface area contributed by atoms with Crippen molar-refractivity contribution in [2.24, 2.45) is 0 Å². The Bertz CT molecular complexity index is 676. The number of alkyl halides is 1. The standard InChI is InChI=1S/C15H14FN3/c16-7-8-17-13-6-9-19-11-14(18-15(19)10-13)12-4-2-1-3-5-12/h1-6,9-11,17H,7-8H2. The number of hydrogen-bond donors (Lipinski definition) is 1. The smallest absolute Gasteiger partial charge is 0.139 e. The first kappa shape index (κ1) is 11.7. The molecule has 1 N–H and O–H groups in total. The number of nitrogens with one attached hydrogen (secondary N) is 1. The maximum atomic E-state index is 12.1. The molecular weight excluding hydrogens is 241 g/mol. The highest BCUT2D eigenvalue weighted by Gasteiger charge is 2.04. The topological polar surface area (TPSA) is 29.3 Å². The normalized spacial score (nSPS) is 10.8. The van der Waals surface area contributed by atoms with Crippen LogP contribution in [0.1, 0.15) is 0 Å². The van der Waals surface area contributed by atoms with Crippen LogP contribution in [-0.4, -0.2) is 22.6 Å². The number of pyridine rings is 1. The number of imidazole rings is 1. The first-order valence-corrected chi connectivity index (χ1v) is 6.21. The van der Waals surface area contributed by atoms with Crippen LogP contribution in [0, 0.1) is 0 Å². The van der Waals surface area contributed by atoms with E-state index in [4.69, 9.17) is 0 Å². The zero-order chi connectivity index (χ0) is 13.1. The summed E-state index contributed by atoms with van der Waals surface area (Å²) in [6.45, 7) is -0.0582. The molecule has 0 saturated heterocycles. The van der Waals surface area contributed by atoms with Crippen molar-refractivity contribution in [1.29, 1.82) is 0 Å². The van der Waals surface area contributed by atoms with Crippen LogP contribution in [-0.2, 0) is 0 Å². The molecule has 2 heterocycles. The Labute approximate surface area is 110 Å². The molecule has 0 spiro atoms. The van der Waals surface area contributed by atoms with E-state index in [0.29, 0.717) is 6.54 Å². The predicted octanol–water partition coefficient (Wildman–Crippen LogP) is 3.38. The number of aromatic nitrogens is 2. The van der Waals surface area contributed by atoms with Crippen molar-refractivity contribution >= 4 is 11.3 Å². The number of halogens is 1. The van der Waals surface area contributed by atoms with Gasteiger partial charge in [0, 0.05) is 36.3 Å². The van der Waals surface area contributed by atoms with Gasteiger partial charge in [0.25, 0.3) is 0 Å². The molecule has 0 radical (unpaired) electrons. The molecule has 3 nitrogen and oxygen atoms in total. The summed E-state index contributed by atoms with van der Waals surface area (Å²) in [6.07, 6.45) is 3.92. The number of nitrogens with zero attached hydrogens (tertiary/aromatic N) is 2. The van der Waals surface area contributed by atoms with E-state index in [1.165, 1.54) is 0 Å². The van der Waals surface area contributed by atoms with Gasteiger partial charge in [-0.15, -0.1) is 0 Å². The van der Waals surface area contributed by atoms with Gasteiger partial charge in [0.15, 0.2) is 0 Å². The van der Waals surface area contributed by atoms with E-state index in [9.17, 15) is 4.39 Å². The van der Waals surface area contributed by atoms with Gasteiger partial charge in [-0.05, 0) is 6.07 Å². The van der Waals surface area contributed by atoms with E-state index in [2.05, 4.69) is 10.3 Å². The zero-order valence-corrected chi connectivity index (χ0v) is 10.4. The van der Waals surface area contributed by atoms with E-state index in [0.717, 1.165) is 22.6 Å². The molecule has 3 aromatic rings. The summed E-state index contributed by atoms with van der Waals surface area (Å²) in [6, 6.07) is 13.9.